The van der Waals surface area contributed by atoms with Gasteiger partial charge in [-0.1, -0.05) is 38.5 Å². The van der Waals surface area contributed by atoms with Gasteiger partial charge in [-0.15, -0.1) is 0 Å². The zero-order chi connectivity index (χ0) is 18.1. The zero-order valence-corrected chi connectivity index (χ0v) is 16.0. The molecule has 2 aliphatic rings. The smallest absolute Gasteiger partial charge is 0.330 e. The number of fused-ring (bicyclic) bond motifs is 1. The molecular weight excluding hydrogens is 300 g/mol. The number of esters is 1. The first-order valence-electron chi connectivity index (χ1n) is 9.23. The van der Waals surface area contributed by atoms with Gasteiger partial charge in [0.25, 0.3) is 0 Å². The van der Waals surface area contributed by atoms with Crippen molar-refractivity contribution in [3.8, 4) is 0 Å². The molecule has 0 heterocycles. The van der Waals surface area contributed by atoms with Crippen molar-refractivity contribution >= 4 is 5.97 Å². The molecule has 0 aromatic heterocycles. The van der Waals surface area contributed by atoms with Crippen LogP contribution in [0.15, 0.2) is 23.8 Å². The van der Waals surface area contributed by atoms with Crippen LogP contribution in [0.25, 0.3) is 0 Å². The Labute approximate surface area is 147 Å². The van der Waals surface area contributed by atoms with Crippen molar-refractivity contribution in [1.29, 1.82) is 0 Å². The van der Waals surface area contributed by atoms with E-state index in [1.54, 1.807) is 6.08 Å². The van der Waals surface area contributed by atoms with Crippen LogP contribution in [0.3, 0.4) is 0 Å². The van der Waals surface area contributed by atoms with Crippen molar-refractivity contribution < 1.29 is 14.6 Å². The zero-order valence-electron chi connectivity index (χ0n) is 16.0. The Morgan fingerprint density at radius 3 is 2.67 bits per heavy atom. The summed E-state index contributed by atoms with van der Waals surface area (Å²) in [4.78, 5) is 11.4. The number of aliphatic hydroxyl groups excluding tert-OH is 1. The Morgan fingerprint density at radius 1 is 1.38 bits per heavy atom. The van der Waals surface area contributed by atoms with Crippen LogP contribution in [0.4, 0.5) is 0 Å². The van der Waals surface area contributed by atoms with E-state index in [9.17, 15) is 9.90 Å². The van der Waals surface area contributed by atoms with Gasteiger partial charge in [0, 0.05) is 6.08 Å². The van der Waals surface area contributed by atoms with Crippen molar-refractivity contribution in [2.75, 3.05) is 7.11 Å². The van der Waals surface area contributed by atoms with Crippen molar-refractivity contribution in [3.63, 3.8) is 0 Å². The van der Waals surface area contributed by atoms with Crippen LogP contribution in [0.2, 0.25) is 0 Å². The largest absolute Gasteiger partial charge is 0.466 e. The van der Waals surface area contributed by atoms with Gasteiger partial charge in [-0.2, -0.15) is 0 Å². The minimum atomic E-state index is -0.277. The normalized spacial score (nSPS) is 36.2. The predicted molar refractivity (Wildman–Crippen MR) is 97.5 cm³/mol. The second-order valence-electron chi connectivity index (χ2n) is 8.74. The van der Waals surface area contributed by atoms with Crippen LogP contribution in [0.5, 0.6) is 0 Å². The van der Waals surface area contributed by atoms with E-state index in [1.807, 2.05) is 6.92 Å². The summed E-state index contributed by atoms with van der Waals surface area (Å²) < 4.78 is 4.72. The fourth-order valence-corrected chi connectivity index (χ4v) is 5.40. The molecule has 0 amide bonds. The lowest BCUT2D eigenvalue weighted by Gasteiger charge is -2.59. The third kappa shape index (κ3) is 3.46. The maximum absolute atomic E-state index is 11.4. The van der Waals surface area contributed by atoms with E-state index >= 15 is 0 Å². The summed E-state index contributed by atoms with van der Waals surface area (Å²) in [5.41, 5.74) is 2.58. The number of hydrogen-bond acceptors (Lipinski definition) is 3. The quantitative estimate of drug-likeness (QED) is 0.462. The number of methoxy groups -OCH3 is 1. The van der Waals surface area contributed by atoms with Gasteiger partial charge in [-0.25, -0.2) is 4.79 Å². The molecule has 4 atom stereocenters. The van der Waals surface area contributed by atoms with Crippen molar-refractivity contribution in [3.05, 3.63) is 23.8 Å². The lowest BCUT2D eigenvalue weighted by Crippen LogP contribution is -2.54. The van der Waals surface area contributed by atoms with Gasteiger partial charge in [0.15, 0.2) is 0 Å². The summed E-state index contributed by atoms with van der Waals surface area (Å²) in [7, 11) is 1.41. The number of carbonyl (C=O) groups is 1. The number of allylic oxidation sites excluding steroid dienone is 2. The van der Waals surface area contributed by atoms with Crippen molar-refractivity contribution in [2.24, 2.45) is 22.7 Å². The van der Waals surface area contributed by atoms with Crippen LogP contribution < -0.4 is 0 Å². The SMILES string of the molecule is C=C1CC[C@@H]2C(C)(C)[C@H](O)CC[C@@]2(C)[C@@H]1CC/C(C)=C/C(=O)OC. The topological polar surface area (TPSA) is 46.5 Å². The first kappa shape index (κ1) is 19.2. The first-order valence-corrected chi connectivity index (χ1v) is 9.23. The molecular formula is C21H34O3. The number of rotatable bonds is 4. The minimum Gasteiger partial charge on any atom is -0.466 e. The summed E-state index contributed by atoms with van der Waals surface area (Å²) in [6, 6.07) is 0. The summed E-state index contributed by atoms with van der Waals surface area (Å²) >= 11 is 0. The van der Waals surface area contributed by atoms with Gasteiger partial charge < -0.3 is 9.84 Å². The molecule has 3 nitrogen and oxygen atoms in total. The molecule has 0 saturated heterocycles. The van der Waals surface area contributed by atoms with Gasteiger partial charge >= 0.3 is 5.97 Å². The molecule has 136 valence electrons. The summed E-state index contributed by atoms with van der Waals surface area (Å²) in [6.07, 6.45) is 7.44. The van der Waals surface area contributed by atoms with Gasteiger partial charge in [0.1, 0.15) is 0 Å². The molecule has 2 saturated carbocycles. The highest BCUT2D eigenvalue weighted by Gasteiger charge is 2.55. The highest BCUT2D eigenvalue weighted by molar-refractivity contribution is 5.82. The van der Waals surface area contributed by atoms with Crippen LogP contribution >= 0.6 is 0 Å². The molecule has 0 aliphatic heterocycles. The lowest BCUT2D eigenvalue weighted by molar-refractivity contribution is -0.134. The predicted octanol–water partition coefficient (Wildman–Crippen LogP) is 4.66. The Bertz CT molecular complexity index is 531. The number of hydrogen-bond donors (Lipinski definition) is 1. The van der Waals surface area contributed by atoms with E-state index < -0.39 is 0 Å². The monoisotopic (exact) mass is 334 g/mol. The molecule has 0 unspecified atom stereocenters. The molecule has 0 bridgehead atoms. The van der Waals surface area contributed by atoms with Crippen molar-refractivity contribution in [2.45, 2.75) is 72.3 Å². The maximum atomic E-state index is 11.4. The van der Waals surface area contributed by atoms with E-state index in [-0.39, 0.29) is 22.9 Å². The highest BCUT2D eigenvalue weighted by Crippen LogP contribution is 2.61. The number of ether oxygens (including phenoxy) is 1. The van der Waals surface area contributed by atoms with Crippen LogP contribution in [-0.2, 0) is 9.53 Å². The average Bonchev–Trinajstić information content (AvgIpc) is 2.50. The Morgan fingerprint density at radius 2 is 2.04 bits per heavy atom. The van der Waals surface area contributed by atoms with E-state index in [0.717, 1.165) is 44.1 Å². The highest BCUT2D eigenvalue weighted by atomic mass is 16.5. The average molecular weight is 335 g/mol. The molecule has 0 spiro atoms. The van der Waals surface area contributed by atoms with Gasteiger partial charge in [-0.3, -0.25) is 0 Å². The van der Waals surface area contributed by atoms with E-state index in [4.69, 9.17) is 4.74 Å². The fourth-order valence-electron chi connectivity index (χ4n) is 5.40. The fraction of sp³-hybridized carbons (Fsp3) is 0.762. The third-order valence-corrected chi connectivity index (χ3v) is 6.95. The van der Waals surface area contributed by atoms with Crippen LogP contribution in [0.1, 0.15) is 66.2 Å². The van der Waals surface area contributed by atoms with Gasteiger partial charge in [-0.05, 0) is 68.1 Å². The Balaban J connectivity index is 2.17. The maximum Gasteiger partial charge on any atom is 0.330 e. The molecule has 0 radical (unpaired) electrons. The second kappa shape index (κ2) is 7.03. The van der Waals surface area contributed by atoms with Crippen LogP contribution in [-0.4, -0.2) is 24.3 Å². The van der Waals surface area contributed by atoms with E-state index in [0.29, 0.717) is 11.8 Å². The molecule has 0 aromatic rings. The van der Waals surface area contributed by atoms with Gasteiger partial charge in [0.05, 0.1) is 13.2 Å². The molecule has 2 aliphatic carbocycles. The summed E-state index contributed by atoms with van der Waals surface area (Å²) in [6.45, 7) is 13.2. The summed E-state index contributed by atoms with van der Waals surface area (Å²) in [5.74, 6) is 0.708. The number of carbonyl (C=O) groups excluding carboxylic acids is 1. The molecule has 0 aromatic carbocycles. The van der Waals surface area contributed by atoms with Crippen molar-refractivity contribution in [1.82, 2.24) is 0 Å². The Kier molecular flexibility index (Phi) is 5.64. The van der Waals surface area contributed by atoms with Crippen LogP contribution in [0, 0.1) is 22.7 Å². The molecule has 2 fully saturated rings. The second-order valence-corrected chi connectivity index (χ2v) is 8.74. The van der Waals surface area contributed by atoms with Gasteiger partial charge in [0.2, 0.25) is 0 Å². The molecule has 3 heteroatoms. The van der Waals surface area contributed by atoms with E-state index in [1.165, 1.54) is 12.7 Å². The number of aliphatic hydroxyl groups is 1. The third-order valence-electron chi connectivity index (χ3n) is 6.95. The standard InChI is InChI=1S/C21H34O3/c1-14(13-19(23)24-6)7-9-16-15(2)8-10-17-20(3,4)18(22)11-12-21(16,17)5/h13,16-18,22H,2,7-12H2,1,3-6H3/b14-13+/t16-,17-,18-,21+/m1/s1. The molecule has 1 N–H and O–H groups in total. The molecule has 2 rings (SSSR count). The minimum absolute atomic E-state index is 0.0388. The lowest BCUT2D eigenvalue weighted by atomic mass is 9.46. The first-order chi connectivity index (χ1) is 11.1. The summed E-state index contributed by atoms with van der Waals surface area (Å²) in [5, 5.41) is 10.5. The van der Waals surface area contributed by atoms with E-state index in [2.05, 4.69) is 27.4 Å². The molecule has 24 heavy (non-hydrogen) atoms. The Hall–Kier alpha value is -1.09.